The molecule has 0 aliphatic heterocycles. The zero-order valence-electron chi connectivity index (χ0n) is 10.00. The Morgan fingerprint density at radius 1 is 1.29 bits per heavy atom. The zero-order valence-corrected chi connectivity index (χ0v) is 10.00. The summed E-state index contributed by atoms with van der Waals surface area (Å²) in [4.78, 5) is 2.49. The molecule has 1 saturated carbocycles. The fourth-order valence-electron chi connectivity index (χ4n) is 2.44. The van der Waals surface area contributed by atoms with Crippen molar-refractivity contribution < 1.29 is 0 Å². The van der Waals surface area contributed by atoms with Crippen molar-refractivity contribution in [1.29, 1.82) is 0 Å². The normalized spacial score (nSPS) is 27.0. The first-order chi connectivity index (χ1) is 6.65. The summed E-state index contributed by atoms with van der Waals surface area (Å²) < 4.78 is 0. The molecule has 84 valence electrons. The molecule has 0 spiro atoms. The van der Waals surface area contributed by atoms with Gasteiger partial charge in [-0.25, -0.2) is 0 Å². The number of hydrogen-bond acceptors (Lipinski definition) is 2. The molecule has 1 aliphatic rings. The zero-order chi connectivity index (χ0) is 10.6. The van der Waals surface area contributed by atoms with E-state index in [-0.39, 0.29) is 0 Å². The molecule has 0 aromatic carbocycles. The second-order valence-electron chi connectivity index (χ2n) is 5.00. The average Bonchev–Trinajstić information content (AvgIpc) is 2.11. The molecule has 1 rings (SSSR count). The smallest absolute Gasteiger partial charge is 0.00450 e. The maximum absolute atomic E-state index is 5.78. The topological polar surface area (TPSA) is 29.3 Å². The maximum Gasteiger partial charge on any atom is 0.00450 e. The molecule has 0 heterocycles. The van der Waals surface area contributed by atoms with E-state index in [4.69, 9.17) is 5.73 Å². The van der Waals surface area contributed by atoms with Gasteiger partial charge in [-0.05, 0) is 31.7 Å². The summed E-state index contributed by atoms with van der Waals surface area (Å²) in [5.41, 5.74) is 5.78. The van der Waals surface area contributed by atoms with Gasteiger partial charge in [-0.1, -0.05) is 26.7 Å². The Morgan fingerprint density at radius 2 is 1.86 bits per heavy atom. The molecule has 0 radical (unpaired) electrons. The van der Waals surface area contributed by atoms with Crippen LogP contribution in [0.1, 0.15) is 39.5 Å². The number of rotatable bonds is 6. The SMILES string of the molecule is CCC(CC)CN(C)CC1CC(N)C1. The Kier molecular flexibility index (Phi) is 4.90. The minimum Gasteiger partial charge on any atom is -0.328 e. The van der Waals surface area contributed by atoms with E-state index in [2.05, 4.69) is 25.8 Å². The van der Waals surface area contributed by atoms with Crippen LogP contribution in [0.25, 0.3) is 0 Å². The molecular formula is C12H26N2. The van der Waals surface area contributed by atoms with Gasteiger partial charge in [0.1, 0.15) is 0 Å². The standard InChI is InChI=1S/C12H26N2/c1-4-10(5-2)8-14(3)9-11-6-12(13)7-11/h10-12H,4-9,13H2,1-3H3. The first kappa shape index (κ1) is 12.0. The predicted octanol–water partition coefficient (Wildman–Crippen LogP) is 2.09. The highest BCUT2D eigenvalue weighted by molar-refractivity contribution is 4.83. The van der Waals surface area contributed by atoms with Crippen molar-refractivity contribution in [3.8, 4) is 0 Å². The van der Waals surface area contributed by atoms with Crippen LogP contribution in [0.15, 0.2) is 0 Å². The van der Waals surface area contributed by atoms with Crippen LogP contribution in [0.3, 0.4) is 0 Å². The van der Waals surface area contributed by atoms with Crippen LogP contribution in [0.2, 0.25) is 0 Å². The third kappa shape index (κ3) is 3.58. The van der Waals surface area contributed by atoms with Gasteiger partial charge in [0.2, 0.25) is 0 Å². The van der Waals surface area contributed by atoms with Gasteiger partial charge in [-0.2, -0.15) is 0 Å². The number of hydrogen-bond donors (Lipinski definition) is 1. The molecule has 0 atom stereocenters. The number of nitrogens with zero attached hydrogens (tertiary/aromatic N) is 1. The van der Waals surface area contributed by atoms with Crippen LogP contribution < -0.4 is 5.73 Å². The molecule has 2 nitrogen and oxygen atoms in total. The lowest BCUT2D eigenvalue weighted by atomic mass is 9.80. The van der Waals surface area contributed by atoms with E-state index in [1.807, 2.05) is 0 Å². The lowest BCUT2D eigenvalue weighted by Gasteiger charge is -2.36. The van der Waals surface area contributed by atoms with Gasteiger partial charge >= 0.3 is 0 Å². The third-order valence-electron chi connectivity index (χ3n) is 3.57. The Balaban J connectivity index is 2.11. The Morgan fingerprint density at radius 3 is 2.29 bits per heavy atom. The van der Waals surface area contributed by atoms with E-state index in [1.54, 1.807) is 0 Å². The molecule has 0 unspecified atom stereocenters. The van der Waals surface area contributed by atoms with E-state index in [0.717, 1.165) is 11.8 Å². The van der Waals surface area contributed by atoms with E-state index in [9.17, 15) is 0 Å². The predicted molar refractivity (Wildman–Crippen MR) is 62.3 cm³/mol. The Bertz CT molecular complexity index is 148. The van der Waals surface area contributed by atoms with E-state index in [1.165, 1.54) is 38.8 Å². The highest BCUT2D eigenvalue weighted by Gasteiger charge is 2.26. The van der Waals surface area contributed by atoms with Gasteiger partial charge < -0.3 is 10.6 Å². The Labute approximate surface area is 88.8 Å². The molecule has 0 saturated heterocycles. The molecule has 14 heavy (non-hydrogen) atoms. The molecule has 1 fully saturated rings. The van der Waals surface area contributed by atoms with Gasteiger partial charge in [-0.3, -0.25) is 0 Å². The maximum atomic E-state index is 5.78. The molecule has 0 bridgehead atoms. The first-order valence-corrected chi connectivity index (χ1v) is 6.09. The second kappa shape index (κ2) is 5.72. The molecule has 0 aromatic rings. The lowest BCUT2D eigenvalue weighted by molar-refractivity contribution is 0.164. The van der Waals surface area contributed by atoms with Gasteiger partial charge in [0.05, 0.1) is 0 Å². The van der Waals surface area contributed by atoms with Crippen molar-refractivity contribution >= 4 is 0 Å². The van der Waals surface area contributed by atoms with Gasteiger partial charge in [0, 0.05) is 19.1 Å². The van der Waals surface area contributed by atoms with Crippen molar-refractivity contribution in [3.05, 3.63) is 0 Å². The largest absolute Gasteiger partial charge is 0.328 e. The summed E-state index contributed by atoms with van der Waals surface area (Å²) in [6.07, 6.45) is 5.11. The van der Waals surface area contributed by atoms with Crippen molar-refractivity contribution in [3.63, 3.8) is 0 Å². The van der Waals surface area contributed by atoms with Crippen molar-refractivity contribution in [2.75, 3.05) is 20.1 Å². The van der Waals surface area contributed by atoms with E-state index >= 15 is 0 Å². The van der Waals surface area contributed by atoms with E-state index < -0.39 is 0 Å². The second-order valence-corrected chi connectivity index (χ2v) is 5.00. The lowest BCUT2D eigenvalue weighted by Crippen LogP contribution is -2.42. The van der Waals surface area contributed by atoms with Crippen LogP contribution >= 0.6 is 0 Å². The van der Waals surface area contributed by atoms with Crippen LogP contribution in [0, 0.1) is 11.8 Å². The average molecular weight is 198 g/mol. The summed E-state index contributed by atoms with van der Waals surface area (Å²) in [6.45, 7) is 7.10. The minimum absolute atomic E-state index is 0.501. The fraction of sp³-hybridized carbons (Fsp3) is 1.00. The summed E-state index contributed by atoms with van der Waals surface area (Å²) >= 11 is 0. The van der Waals surface area contributed by atoms with Gasteiger partial charge in [0.25, 0.3) is 0 Å². The molecule has 0 aromatic heterocycles. The van der Waals surface area contributed by atoms with Crippen molar-refractivity contribution in [2.45, 2.75) is 45.6 Å². The Hall–Kier alpha value is -0.0800. The summed E-state index contributed by atoms with van der Waals surface area (Å²) in [7, 11) is 2.25. The molecule has 1 aliphatic carbocycles. The first-order valence-electron chi connectivity index (χ1n) is 6.09. The molecule has 0 amide bonds. The van der Waals surface area contributed by atoms with Crippen LogP contribution in [-0.2, 0) is 0 Å². The summed E-state index contributed by atoms with van der Waals surface area (Å²) in [5.74, 6) is 1.76. The quantitative estimate of drug-likeness (QED) is 0.708. The van der Waals surface area contributed by atoms with Gasteiger partial charge in [0.15, 0.2) is 0 Å². The summed E-state index contributed by atoms with van der Waals surface area (Å²) in [6, 6.07) is 0.501. The highest BCUT2D eigenvalue weighted by Crippen LogP contribution is 2.26. The monoisotopic (exact) mass is 198 g/mol. The summed E-state index contributed by atoms with van der Waals surface area (Å²) in [5, 5.41) is 0. The third-order valence-corrected chi connectivity index (χ3v) is 3.57. The molecular weight excluding hydrogens is 172 g/mol. The van der Waals surface area contributed by atoms with Crippen molar-refractivity contribution in [2.24, 2.45) is 17.6 Å². The molecule has 2 heteroatoms. The fourth-order valence-corrected chi connectivity index (χ4v) is 2.44. The minimum atomic E-state index is 0.501. The van der Waals surface area contributed by atoms with E-state index in [0.29, 0.717) is 6.04 Å². The van der Waals surface area contributed by atoms with Gasteiger partial charge in [-0.15, -0.1) is 0 Å². The van der Waals surface area contributed by atoms with Crippen LogP contribution in [0.4, 0.5) is 0 Å². The van der Waals surface area contributed by atoms with Crippen LogP contribution in [-0.4, -0.2) is 31.1 Å². The number of nitrogens with two attached hydrogens (primary N) is 1. The molecule has 2 N–H and O–H groups in total. The van der Waals surface area contributed by atoms with Crippen molar-refractivity contribution in [1.82, 2.24) is 4.90 Å². The van der Waals surface area contributed by atoms with Crippen LogP contribution in [0.5, 0.6) is 0 Å². The highest BCUT2D eigenvalue weighted by atomic mass is 15.1.